The number of ether oxygens (including phenoxy) is 1. The van der Waals surface area contributed by atoms with E-state index in [9.17, 15) is 0 Å². The van der Waals surface area contributed by atoms with E-state index in [1.165, 1.54) is 37.2 Å². The van der Waals surface area contributed by atoms with Crippen LogP contribution >= 0.6 is 0 Å². The van der Waals surface area contributed by atoms with Crippen molar-refractivity contribution in [1.82, 2.24) is 5.32 Å². The third-order valence-electron chi connectivity index (χ3n) is 3.88. The topological polar surface area (TPSA) is 24.5 Å². The van der Waals surface area contributed by atoms with Crippen molar-refractivity contribution in [3.63, 3.8) is 0 Å². The van der Waals surface area contributed by atoms with Crippen molar-refractivity contribution >= 4 is 5.69 Å². The van der Waals surface area contributed by atoms with Gasteiger partial charge in [0.2, 0.25) is 0 Å². The first-order valence-electron chi connectivity index (χ1n) is 7.40. The largest absolute Gasteiger partial charge is 0.383 e. The van der Waals surface area contributed by atoms with Gasteiger partial charge in [0.15, 0.2) is 0 Å². The fourth-order valence-corrected chi connectivity index (χ4v) is 2.70. The van der Waals surface area contributed by atoms with E-state index in [0.29, 0.717) is 6.04 Å². The first-order valence-corrected chi connectivity index (χ1v) is 7.40. The van der Waals surface area contributed by atoms with Crippen LogP contribution in [0.25, 0.3) is 0 Å². The van der Waals surface area contributed by atoms with Crippen LogP contribution in [0.1, 0.15) is 31.7 Å². The zero-order chi connectivity index (χ0) is 13.5. The predicted octanol–water partition coefficient (Wildman–Crippen LogP) is 2.80. The molecule has 3 heteroatoms. The molecule has 0 aliphatic carbocycles. The van der Waals surface area contributed by atoms with E-state index in [0.717, 1.165) is 19.6 Å². The van der Waals surface area contributed by atoms with Gasteiger partial charge in [-0.2, -0.15) is 0 Å². The van der Waals surface area contributed by atoms with Crippen molar-refractivity contribution in [2.24, 2.45) is 0 Å². The molecule has 19 heavy (non-hydrogen) atoms. The minimum absolute atomic E-state index is 0.441. The second kappa shape index (κ2) is 7.51. The molecule has 0 spiro atoms. The van der Waals surface area contributed by atoms with Gasteiger partial charge in [-0.25, -0.2) is 0 Å². The molecular weight excluding hydrogens is 236 g/mol. The molecule has 0 aromatic heterocycles. The molecule has 1 aromatic rings. The molecule has 0 radical (unpaired) electrons. The van der Waals surface area contributed by atoms with Crippen molar-refractivity contribution in [1.29, 1.82) is 0 Å². The monoisotopic (exact) mass is 262 g/mol. The maximum atomic E-state index is 5.24. The van der Waals surface area contributed by atoms with Crippen molar-refractivity contribution in [2.75, 3.05) is 31.7 Å². The highest BCUT2D eigenvalue weighted by Crippen LogP contribution is 2.24. The molecule has 2 rings (SSSR count). The van der Waals surface area contributed by atoms with Crippen molar-refractivity contribution in [3.05, 3.63) is 29.8 Å². The normalized spacial score (nSPS) is 16.8. The Morgan fingerprint density at radius 3 is 2.68 bits per heavy atom. The summed E-state index contributed by atoms with van der Waals surface area (Å²) in [5.74, 6) is 0. The number of para-hydroxylation sites is 1. The fraction of sp³-hybridized carbons (Fsp3) is 0.625. The first-order chi connectivity index (χ1) is 9.35. The van der Waals surface area contributed by atoms with Crippen LogP contribution in [0.3, 0.4) is 0 Å². The summed E-state index contributed by atoms with van der Waals surface area (Å²) in [6.45, 7) is 6.30. The van der Waals surface area contributed by atoms with Crippen molar-refractivity contribution < 1.29 is 4.74 Å². The van der Waals surface area contributed by atoms with E-state index in [-0.39, 0.29) is 0 Å². The Labute approximate surface area is 116 Å². The summed E-state index contributed by atoms with van der Waals surface area (Å²) in [6, 6.07) is 9.20. The van der Waals surface area contributed by atoms with E-state index in [2.05, 4.69) is 41.4 Å². The summed E-state index contributed by atoms with van der Waals surface area (Å²) in [4.78, 5) is 2.51. The molecule has 1 N–H and O–H groups in total. The van der Waals surface area contributed by atoms with Gasteiger partial charge in [-0.1, -0.05) is 25.1 Å². The second-order valence-electron chi connectivity index (χ2n) is 5.26. The number of methoxy groups -OCH3 is 1. The number of anilines is 1. The minimum atomic E-state index is 0.441. The second-order valence-corrected chi connectivity index (χ2v) is 5.26. The number of nitrogens with one attached hydrogen (secondary N) is 1. The van der Waals surface area contributed by atoms with Crippen LogP contribution in [0.4, 0.5) is 5.69 Å². The van der Waals surface area contributed by atoms with Crippen molar-refractivity contribution in [2.45, 2.75) is 38.8 Å². The smallest absolute Gasteiger partial charge is 0.0615 e. The van der Waals surface area contributed by atoms with E-state index >= 15 is 0 Å². The highest BCUT2D eigenvalue weighted by molar-refractivity contribution is 5.54. The van der Waals surface area contributed by atoms with Gasteiger partial charge in [0, 0.05) is 38.5 Å². The standard InChI is InChI=1S/C16H26N2O/c1-3-15(13-19-2)17-12-14-8-4-5-9-16(14)18-10-6-7-11-18/h4-5,8-9,15,17H,3,6-7,10-13H2,1-2H3. The molecule has 1 aliphatic heterocycles. The lowest BCUT2D eigenvalue weighted by Gasteiger charge is -2.23. The highest BCUT2D eigenvalue weighted by Gasteiger charge is 2.15. The van der Waals surface area contributed by atoms with Gasteiger partial charge in [-0.05, 0) is 30.9 Å². The van der Waals surface area contributed by atoms with E-state index in [1.54, 1.807) is 7.11 Å². The summed E-state index contributed by atoms with van der Waals surface area (Å²) in [5, 5.41) is 3.60. The number of rotatable bonds is 7. The third-order valence-corrected chi connectivity index (χ3v) is 3.88. The molecule has 0 bridgehead atoms. The molecule has 1 fully saturated rings. The molecule has 106 valence electrons. The van der Waals surface area contributed by atoms with Gasteiger partial charge in [0.1, 0.15) is 0 Å². The van der Waals surface area contributed by atoms with Gasteiger partial charge < -0.3 is 15.0 Å². The molecule has 1 unspecified atom stereocenters. The van der Waals surface area contributed by atoms with E-state index in [1.807, 2.05) is 0 Å². The molecule has 0 amide bonds. The number of benzene rings is 1. The number of hydrogen-bond acceptors (Lipinski definition) is 3. The Morgan fingerprint density at radius 2 is 2.00 bits per heavy atom. The third kappa shape index (κ3) is 3.95. The van der Waals surface area contributed by atoms with Gasteiger partial charge in [-0.3, -0.25) is 0 Å². The summed E-state index contributed by atoms with van der Waals surface area (Å²) < 4.78 is 5.24. The average molecular weight is 262 g/mol. The predicted molar refractivity (Wildman–Crippen MR) is 80.7 cm³/mol. The highest BCUT2D eigenvalue weighted by atomic mass is 16.5. The van der Waals surface area contributed by atoms with Crippen LogP contribution in [0, 0.1) is 0 Å². The average Bonchev–Trinajstić information content (AvgIpc) is 2.98. The number of hydrogen-bond donors (Lipinski definition) is 1. The zero-order valence-corrected chi connectivity index (χ0v) is 12.2. The maximum absolute atomic E-state index is 5.24. The molecule has 1 atom stereocenters. The SMILES string of the molecule is CCC(COC)NCc1ccccc1N1CCCC1. The van der Waals surface area contributed by atoms with Crippen LogP contribution in [0.5, 0.6) is 0 Å². The minimum Gasteiger partial charge on any atom is -0.383 e. The lowest BCUT2D eigenvalue weighted by Crippen LogP contribution is -2.32. The van der Waals surface area contributed by atoms with Gasteiger partial charge in [-0.15, -0.1) is 0 Å². The van der Waals surface area contributed by atoms with Crippen molar-refractivity contribution in [3.8, 4) is 0 Å². The molecule has 3 nitrogen and oxygen atoms in total. The molecule has 1 aliphatic rings. The van der Waals surface area contributed by atoms with Crippen LogP contribution in [-0.2, 0) is 11.3 Å². The lowest BCUT2D eigenvalue weighted by molar-refractivity contribution is 0.164. The van der Waals surface area contributed by atoms with Crippen LogP contribution in [0.2, 0.25) is 0 Å². The van der Waals surface area contributed by atoms with E-state index in [4.69, 9.17) is 4.74 Å². The summed E-state index contributed by atoms with van der Waals surface area (Å²) in [5.41, 5.74) is 2.80. The zero-order valence-electron chi connectivity index (χ0n) is 12.2. The molecule has 1 saturated heterocycles. The van der Waals surface area contributed by atoms with Gasteiger partial charge >= 0.3 is 0 Å². The lowest BCUT2D eigenvalue weighted by atomic mass is 10.1. The molecule has 1 aromatic carbocycles. The summed E-state index contributed by atoms with van der Waals surface area (Å²) in [7, 11) is 1.77. The molecular formula is C16H26N2O. The Balaban J connectivity index is 1.99. The Kier molecular flexibility index (Phi) is 5.67. The quantitative estimate of drug-likeness (QED) is 0.818. The number of nitrogens with zero attached hydrogens (tertiary/aromatic N) is 1. The van der Waals surface area contributed by atoms with Crippen LogP contribution in [0.15, 0.2) is 24.3 Å². The Bertz CT molecular complexity index is 375. The Hall–Kier alpha value is -1.06. The summed E-state index contributed by atoms with van der Waals surface area (Å²) in [6.07, 6.45) is 3.74. The fourth-order valence-electron chi connectivity index (χ4n) is 2.70. The van der Waals surface area contributed by atoms with Crippen LogP contribution < -0.4 is 10.2 Å². The summed E-state index contributed by atoms with van der Waals surface area (Å²) >= 11 is 0. The van der Waals surface area contributed by atoms with Gasteiger partial charge in [0.05, 0.1) is 6.61 Å². The first kappa shape index (κ1) is 14.4. The van der Waals surface area contributed by atoms with Crippen LogP contribution in [-0.4, -0.2) is 32.8 Å². The Morgan fingerprint density at radius 1 is 1.26 bits per heavy atom. The molecule has 0 saturated carbocycles. The maximum Gasteiger partial charge on any atom is 0.0615 e. The van der Waals surface area contributed by atoms with E-state index < -0.39 is 0 Å². The van der Waals surface area contributed by atoms with Gasteiger partial charge in [0.25, 0.3) is 0 Å². The molecule has 1 heterocycles.